The summed E-state index contributed by atoms with van der Waals surface area (Å²) in [6.07, 6.45) is 1.70. The van der Waals surface area contributed by atoms with Gasteiger partial charge in [0, 0.05) is 22.3 Å². The number of rotatable bonds is 9. The predicted octanol–water partition coefficient (Wildman–Crippen LogP) is 5.50. The number of benzene rings is 2. The predicted molar refractivity (Wildman–Crippen MR) is 136 cm³/mol. The topological polar surface area (TPSA) is 88.9 Å². The van der Waals surface area contributed by atoms with Crippen LogP contribution >= 0.6 is 50.9 Å². The Kier molecular flexibility index (Phi) is 8.96. The van der Waals surface area contributed by atoms with E-state index >= 15 is 0 Å². The maximum atomic E-state index is 12.4. The van der Waals surface area contributed by atoms with Gasteiger partial charge in [-0.25, -0.2) is 0 Å². The van der Waals surface area contributed by atoms with Gasteiger partial charge < -0.3 is 15.2 Å². The van der Waals surface area contributed by atoms with E-state index in [9.17, 15) is 9.59 Å². The van der Waals surface area contributed by atoms with Crippen LogP contribution in [0.1, 0.15) is 21.7 Å². The monoisotopic (exact) mass is 567 g/mol. The van der Waals surface area contributed by atoms with E-state index in [1.807, 2.05) is 25.1 Å². The molecule has 0 unspecified atom stereocenters. The van der Waals surface area contributed by atoms with Crippen molar-refractivity contribution in [3.05, 3.63) is 80.5 Å². The third-order valence-electron chi connectivity index (χ3n) is 4.49. The second kappa shape index (κ2) is 11.7. The van der Waals surface area contributed by atoms with Crippen molar-refractivity contribution in [2.24, 2.45) is 0 Å². The SMILES string of the molecule is C=CCn1c(CNC(=O)c2ccc(Cl)c(Cl)c2)nnc1SCC(=O)Nc1ccc(Br)cc1C. The van der Waals surface area contributed by atoms with E-state index in [0.717, 1.165) is 15.7 Å². The molecule has 0 saturated heterocycles. The van der Waals surface area contributed by atoms with Crippen LogP contribution in [0.5, 0.6) is 0 Å². The Labute approximate surface area is 214 Å². The molecule has 33 heavy (non-hydrogen) atoms. The first-order chi connectivity index (χ1) is 15.8. The summed E-state index contributed by atoms with van der Waals surface area (Å²) in [5.41, 5.74) is 2.09. The summed E-state index contributed by atoms with van der Waals surface area (Å²) in [6.45, 7) is 6.26. The number of nitrogens with one attached hydrogen (secondary N) is 2. The first-order valence-corrected chi connectivity index (χ1v) is 12.3. The molecule has 2 aromatic carbocycles. The number of carbonyl (C=O) groups excluding carboxylic acids is 2. The van der Waals surface area contributed by atoms with Crippen molar-refractivity contribution >= 4 is 68.4 Å². The van der Waals surface area contributed by atoms with Gasteiger partial charge in [-0.2, -0.15) is 0 Å². The molecule has 0 atom stereocenters. The Hall–Kier alpha value is -2.33. The number of amides is 2. The molecule has 7 nitrogen and oxygen atoms in total. The number of anilines is 1. The molecule has 0 radical (unpaired) electrons. The zero-order valence-corrected chi connectivity index (χ0v) is 21.5. The molecule has 0 aliphatic rings. The molecule has 0 saturated carbocycles. The van der Waals surface area contributed by atoms with Gasteiger partial charge in [-0.3, -0.25) is 9.59 Å². The van der Waals surface area contributed by atoms with Gasteiger partial charge in [0.05, 0.1) is 22.3 Å². The Morgan fingerprint density at radius 1 is 1.18 bits per heavy atom. The lowest BCUT2D eigenvalue weighted by Gasteiger charge is -2.10. The van der Waals surface area contributed by atoms with E-state index in [4.69, 9.17) is 23.2 Å². The lowest BCUT2D eigenvalue weighted by atomic mass is 10.2. The molecule has 3 rings (SSSR count). The summed E-state index contributed by atoms with van der Waals surface area (Å²) in [5.74, 6) is 0.212. The van der Waals surface area contributed by atoms with Crippen molar-refractivity contribution < 1.29 is 9.59 Å². The number of nitrogens with zero attached hydrogens (tertiary/aromatic N) is 3. The number of thioether (sulfide) groups is 1. The van der Waals surface area contributed by atoms with Crippen LogP contribution in [0.3, 0.4) is 0 Å². The van der Waals surface area contributed by atoms with Crippen molar-refractivity contribution in [2.45, 2.75) is 25.2 Å². The first kappa shape index (κ1) is 25.3. The molecule has 0 spiro atoms. The van der Waals surface area contributed by atoms with Gasteiger partial charge in [-0.15, -0.1) is 16.8 Å². The summed E-state index contributed by atoms with van der Waals surface area (Å²) < 4.78 is 2.74. The highest BCUT2D eigenvalue weighted by Gasteiger charge is 2.16. The van der Waals surface area contributed by atoms with Gasteiger partial charge in [0.25, 0.3) is 5.91 Å². The lowest BCUT2D eigenvalue weighted by Crippen LogP contribution is -2.25. The van der Waals surface area contributed by atoms with E-state index in [1.165, 1.54) is 17.8 Å². The molecule has 11 heteroatoms. The third-order valence-corrected chi connectivity index (χ3v) is 6.69. The molecule has 1 aromatic heterocycles. The molecule has 0 aliphatic heterocycles. The maximum Gasteiger partial charge on any atom is 0.251 e. The second-order valence-corrected chi connectivity index (χ2v) is 9.58. The highest BCUT2D eigenvalue weighted by atomic mass is 79.9. The average Bonchev–Trinajstić information content (AvgIpc) is 3.16. The molecule has 1 heterocycles. The van der Waals surface area contributed by atoms with Crippen LogP contribution < -0.4 is 10.6 Å². The van der Waals surface area contributed by atoms with Gasteiger partial charge >= 0.3 is 0 Å². The molecule has 2 N–H and O–H groups in total. The minimum atomic E-state index is -0.319. The zero-order chi connectivity index (χ0) is 24.0. The molecule has 172 valence electrons. The maximum absolute atomic E-state index is 12.4. The Bertz CT molecular complexity index is 1200. The standard InChI is InChI=1S/C22H20BrCl2N5O2S/c1-3-8-30-19(11-26-21(32)14-4-6-16(24)17(25)10-14)28-29-22(30)33-12-20(31)27-18-7-5-15(23)9-13(18)2/h3-7,9-10H,1,8,11-12H2,2H3,(H,26,32)(H,27,31). The molecule has 0 fully saturated rings. The number of aromatic nitrogens is 3. The van der Waals surface area contributed by atoms with Crippen molar-refractivity contribution in [3.63, 3.8) is 0 Å². The van der Waals surface area contributed by atoms with Crippen molar-refractivity contribution in [1.29, 1.82) is 0 Å². The summed E-state index contributed by atoms with van der Waals surface area (Å²) in [4.78, 5) is 24.9. The van der Waals surface area contributed by atoms with E-state index in [2.05, 4.69) is 43.3 Å². The number of halogens is 3. The number of carbonyl (C=O) groups is 2. The summed E-state index contributed by atoms with van der Waals surface area (Å²) in [7, 11) is 0. The quantitative estimate of drug-likeness (QED) is 0.263. The Balaban J connectivity index is 1.62. The van der Waals surface area contributed by atoms with Gasteiger partial charge in [-0.05, 0) is 48.9 Å². The molecule has 2 amide bonds. The molecule has 0 bridgehead atoms. The van der Waals surface area contributed by atoms with Crippen LogP contribution in [0.2, 0.25) is 10.0 Å². The van der Waals surface area contributed by atoms with Crippen LogP contribution in [0.25, 0.3) is 0 Å². The fourth-order valence-electron chi connectivity index (χ4n) is 2.85. The van der Waals surface area contributed by atoms with Gasteiger partial charge in [0.15, 0.2) is 11.0 Å². The van der Waals surface area contributed by atoms with E-state index in [0.29, 0.717) is 33.1 Å². The van der Waals surface area contributed by atoms with Crippen LogP contribution in [-0.2, 0) is 17.9 Å². The van der Waals surface area contributed by atoms with Crippen molar-refractivity contribution in [1.82, 2.24) is 20.1 Å². The normalized spacial score (nSPS) is 10.7. The van der Waals surface area contributed by atoms with Crippen LogP contribution in [0.4, 0.5) is 5.69 Å². The second-order valence-electron chi connectivity index (χ2n) is 6.91. The van der Waals surface area contributed by atoms with E-state index in [1.54, 1.807) is 22.8 Å². The third kappa shape index (κ3) is 6.83. The number of aryl methyl sites for hydroxylation is 1. The minimum absolute atomic E-state index is 0.144. The average molecular weight is 569 g/mol. The summed E-state index contributed by atoms with van der Waals surface area (Å²) in [5, 5.41) is 15.3. The Morgan fingerprint density at radius 3 is 2.67 bits per heavy atom. The molecule has 0 aliphatic carbocycles. The summed E-state index contributed by atoms with van der Waals surface area (Å²) in [6, 6.07) is 10.3. The molecular weight excluding hydrogens is 549 g/mol. The highest BCUT2D eigenvalue weighted by Crippen LogP contribution is 2.23. The lowest BCUT2D eigenvalue weighted by molar-refractivity contribution is -0.113. The van der Waals surface area contributed by atoms with Gasteiger partial charge in [0.2, 0.25) is 5.91 Å². The highest BCUT2D eigenvalue weighted by molar-refractivity contribution is 9.10. The van der Waals surface area contributed by atoms with Crippen LogP contribution in [0.15, 0.2) is 58.7 Å². The zero-order valence-electron chi connectivity index (χ0n) is 17.6. The van der Waals surface area contributed by atoms with E-state index < -0.39 is 0 Å². The fraction of sp³-hybridized carbons (Fsp3) is 0.182. The smallest absolute Gasteiger partial charge is 0.251 e. The number of hydrogen-bond acceptors (Lipinski definition) is 5. The summed E-state index contributed by atoms with van der Waals surface area (Å²) >= 11 is 16.5. The number of allylic oxidation sites excluding steroid dienone is 1. The first-order valence-electron chi connectivity index (χ1n) is 9.73. The molecular formula is C22H20BrCl2N5O2S. The number of hydrogen-bond donors (Lipinski definition) is 2. The Morgan fingerprint density at radius 2 is 1.97 bits per heavy atom. The van der Waals surface area contributed by atoms with Crippen LogP contribution in [0, 0.1) is 6.92 Å². The molecule has 3 aromatic rings. The van der Waals surface area contributed by atoms with Crippen molar-refractivity contribution in [2.75, 3.05) is 11.1 Å². The largest absolute Gasteiger partial charge is 0.345 e. The van der Waals surface area contributed by atoms with Crippen LogP contribution in [-0.4, -0.2) is 32.3 Å². The van der Waals surface area contributed by atoms with Gasteiger partial charge in [0.1, 0.15) is 0 Å². The minimum Gasteiger partial charge on any atom is -0.345 e. The fourth-order valence-corrected chi connectivity index (χ4v) is 4.39. The van der Waals surface area contributed by atoms with E-state index in [-0.39, 0.29) is 24.1 Å². The van der Waals surface area contributed by atoms with Gasteiger partial charge in [-0.1, -0.05) is 57.0 Å². The van der Waals surface area contributed by atoms with Crippen molar-refractivity contribution in [3.8, 4) is 0 Å².